The molecule has 0 aliphatic carbocycles. The number of carbonyl (C=O) groups excluding carboxylic acids is 1. The minimum Gasteiger partial charge on any atom is -0.496 e. The quantitative estimate of drug-likeness (QED) is 0.789. The Morgan fingerprint density at radius 2 is 1.81 bits per heavy atom. The Labute approximate surface area is 125 Å². The molecular weight excluding hydrogens is 292 g/mol. The highest BCUT2D eigenvalue weighted by molar-refractivity contribution is 7.89. The van der Waals surface area contributed by atoms with Gasteiger partial charge in [-0.15, -0.1) is 0 Å². The molecule has 1 aromatic carbocycles. The Morgan fingerprint density at radius 3 is 2.24 bits per heavy atom. The highest BCUT2D eigenvalue weighted by Crippen LogP contribution is 2.24. The number of carbonyl (C=O) groups is 1. The third-order valence-electron chi connectivity index (χ3n) is 3.02. The van der Waals surface area contributed by atoms with Crippen molar-refractivity contribution < 1.29 is 17.9 Å². The topological polar surface area (TPSA) is 89.7 Å². The van der Waals surface area contributed by atoms with Crippen LogP contribution in [0.3, 0.4) is 0 Å². The SMILES string of the molecule is CCCN(CCC)S(=O)(=O)c1ccc(OC)c(C(N)=O)c1. The number of primary amides is 1. The first-order valence-electron chi connectivity index (χ1n) is 6.86. The Bertz CT molecular complexity index is 593. The van der Waals surface area contributed by atoms with Gasteiger partial charge in [0.25, 0.3) is 5.91 Å². The van der Waals surface area contributed by atoms with Gasteiger partial charge in [0.15, 0.2) is 0 Å². The molecular formula is C14H22N2O4S. The molecule has 1 rings (SSSR count). The van der Waals surface area contributed by atoms with Gasteiger partial charge in [0.05, 0.1) is 17.6 Å². The molecule has 2 N–H and O–H groups in total. The van der Waals surface area contributed by atoms with Gasteiger partial charge in [-0.05, 0) is 31.0 Å². The first kappa shape index (κ1) is 17.5. The Morgan fingerprint density at radius 1 is 1.24 bits per heavy atom. The van der Waals surface area contributed by atoms with E-state index in [0.29, 0.717) is 13.1 Å². The van der Waals surface area contributed by atoms with Gasteiger partial charge in [-0.25, -0.2) is 8.42 Å². The van der Waals surface area contributed by atoms with E-state index >= 15 is 0 Å². The summed E-state index contributed by atoms with van der Waals surface area (Å²) >= 11 is 0. The molecule has 0 spiro atoms. The van der Waals surface area contributed by atoms with E-state index in [9.17, 15) is 13.2 Å². The van der Waals surface area contributed by atoms with E-state index in [1.807, 2.05) is 13.8 Å². The Hall–Kier alpha value is -1.60. The van der Waals surface area contributed by atoms with Crippen molar-refractivity contribution in [1.29, 1.82) is 0 Å². The summed E-state index contributed by atoms with van der Waals surface area (Å²) in [5.74, 6) is -0.458. The molecule has 0 fully saturated rings. The van der Waals surface area contributed by atoms with Crippen LogP contribution in [-0.2, 0) is 10.0 Å². The van der Waals surface area contributed by atoms with Crippen LogP contribution in [0.5, 0.6) is 5.75 Å². The fraction of sp³-hybridized carbons (Fsp3) is 0.500. The lowest BCUT2D eigenvalue weighted by atomic mass is 10.2. The lowest BCUT2D eigenvalue weighted by Gasteiger charge is -2.21. The van der Waals surface area contributed by atoms with E-state index in [1.165, 1.54) is 29.6 Å². The van der Waals surface area contributed by atoms with Gasteiger partial charge < -0.3 is 10.5 Å². The molecule has 0 saturated carbocycles. The minimum absolute atomic E-state index is 0.0546. The van der Waals surface area contributed by atoms with E-state index in [1.54, 1.807) is 0 Å². The lowest BCUT2D eigenvalue weighted by molar-refractivity contribution is 0.0997. The first-order valence-corrected chi connectivity index (χ1v) is 8.30. The maximum Gasteiger partial charge on any atom is 0.252 e. The van der Waals surface area contributed by atoms with Gasteiger partial charge >= 0.3 is 0 Å². The van der Waals surface area contributed by atoms with Crippen LogP contribution in [0, 0.1) is 0 Å². The zero-order valence-corrected chi connectivity index (χ0v) is 13.4. The summed E-state index contributed by atoms with van der Waals surface area (Å²) in [7, 11) is -2.24. The van der Waals surface area contributed by atoms with Crippen LogP contribution in [0.1, 0.15) is 37.0 Å². The van der Waals surface area contributed by atoms with E-state index < -0.39 is 15.9 Å². The highest BCUT2D eigenvalue weighted by Gasteiger charge is 2.24. The van der Waals surface area contributed by atoms with Gasteiger partial charge in [0.2, 0.25) is 10.0 Å². The number of amides is 1. The first-order chi connectivity index (χ1) is 9.88. The second-order valence-electron chi connectivity index (χ2n) is 4.63. The number of sulfonamides is 1. The van der Waals surface area contributed by atoms with Crippen LogP contribution >= 0.6 is 0 Å². The maximum absolute atomic E-state index is 12.6. The van der Waals surface area contributed by atoms with Crippen LogP contribution in [0.15, 0.2) is 23.1 Å². The zero-order chi connectivity index (χ0) is 16.0. The molecule has 1 amide bonds. The largest absolute Gasteiger partial charge is 0.496 e. The highest BCUT2D eigenvalue weighted by atomic mass is 32.2. The molecule has 6 nitrogen and oxygen atoms in total. The summed E-state index contributed by atoms with van der Waals surface area (Å²) in [6, 6.07) is 4.15. The standard InChI is InChI=1S/C14H22N2O4S/c1-4-8-16(9-5-2)21(18,19)11-6-7-13(20-3)12(10-11)14(15)17/h6-7,10H,4-5,8-9H2,1-3H3,(H2,15,17). The van der Waals surface area contributed by atoms with Crippen molar-refractivity contribution >= 4 is 15.9 Å². The summed E-state index contributed by atoms with van der Waals surface area (Å²) in [6.45, 7) is 4.71. The third kappa shape index (κ3) is 3.95. The summed E-state index contributed by atoms with van der Waals surface area (Å²) < 4.78 is 31.7. The summed E-state index contributed by atoms with van der Waals surface area (Å²) in [5.41, 5.74) is 5.33. The van der Waals surface area contributed by atoms with Gasteiger partial charge in [-0.2, -0.15) is 4.31 Å². The maximum atomic E-state index is 12.6. The number of methoxy groups -OCH3 is 1. The molecule has 0 saturated heterocycles. The number of benzene rings is 1. The number of rotatable bonds is 8. The predicted octanol–water partition coefficient (Wildman–Crippen LogP) is 1.60. The van der Waals surface area contributed by atoms with E-state index in [0.717, 1.165) is 12.8 Å². The molecule has 0 atom stereocenters. The summed E-state index contributed by atoms with van der Waals surface area (Å²) in [4.78, 5) is 11.5. The smallest absolute Gasteiger partial charge is 0.252 e. The number of ether oxygens (including phenoxy) is 1. The summed E-state index contributed by atoms with van der Waals surface area (Å²) in [5, 5.41) is 0. The third-order valence-corrected chi connectivity index (χ3v) is 4.91. The van der Waals surface area contributed by atoms with Crippen molar-refractivity contribution in [2.24, 2.45) is 5.73 Å². The molecule has 1 aromatic rings. The number of hydrogen-bond donors (Lipinski definition) is 1. The molecule has 21 heavy (non-hydrogen) atoms. The van der Waals surface area contributed by atoms with E-state index in [4.69, 9.17) is 10.5 Å². The molecule has 0 aliphatic rings. The lowest BCUT2D eigenvalue weighted by Crippen LogP contribution is -2.32. The molecule has 0 radical (unpaired) electrons. The Balaban J connectivity index is 3.30. The Kier molecular flexibility index (Phi) is 6.17. The van der Waals surface area contributed by atoms with Crippen LogP contribution in [0.2, 0.25) is 0 Å². The van der Waals surface area contributed by atoms with Gasteiger partial charge in [0, 0.05) is 13.1 Å². The normalized spacial score (nSPS) is 11.6. The molecule has 0 aromatic heterocycles. The van der Waals surface area contributed by atoms with Crippen LogP contribution < -0.4 is 10.5 Å². The molecule has 0 bridgehead atoms. The molecule has 0 aliphatic heterocycles. The molecule has 0 unspecified atom stereocenters. The number of nitrogens with two attached hydrogens (primary N) is 1. The van der Waals surface area contributed by atoms with Crippen molar-refractivity contribution in [3.8, 4) is 5.75 Å². The van der Waals surface area contributed by atoms with Gasteiger partial charge in [-0.1, -0.05) is 13.8 Å². The van der Waals surface area contributed by atoms with Crippen molar-refractivity contribution in [3.63, 3.8) is 0 Å². The predicted molar refractivity (Wildman–Crippen MR) is 80.9 cm³/mol. The molecule has 7 heteroatoms. The molecule has 118 valence electrons. The van der Waals surface area contributed by atoms with E-state index in [-0.39, 0.29) is 16.2 Å². The van der Waals surface area contributed by atoms with Crippen molar-refractivity contribution in [2.75, 3.05) is 20.2 Å². The number of nitrogens with zero attached hydrogens (tertiary/aromatic N) is 1. The second-order valence-corrected chi connectivity index (χ2v) is 6.57. The van der Waals surface area contributed by atoms with Crippen LogP contribution in [0.25, 0.3) is 0 Å². The number of hydrogen-bond acceptors (Lipinski definition) is 4. The summed E-state index contributed by atoms with van der Waals surface area (Å²) in [6.07, 6.45) is 1.44. The van der Waals surface area contributed by atoms with E-state index in [2.05, 4.69) is 0 Å². The van der Waals surface area contributed by atoms with Crippen molar-refractivity contribution in [3.05, 3.63) is 23.8 Å². The zero-order valence-electron chi connectivity index (χ0n) is 12.6. The second kappa shape index (κ2) is 7.42. The van der Waals surface area contributed by atoms with Crippen molar-refractivity contribution in [1.82, 2.24) is 4.31 Å². The average molecular weight is 314 g/mol. The van der Waals surface area contributed by atoms with Crippen LogP contribution in [-0.4, -0.2) is 38.8 Å². The monoisotopic (exact) mass is 314 g/mol. The average Bonchev–Trinajstić information content (AvgIpc) is 2.46. The van der Waals surface area contributed by atoms with Gasteiger partial charge in [-0.3, -0.25) is 4.79 Å². The fourth-order valence-corrected chi connectivity index (χ4v) is 3.69. The van der Waals surface area contributed by atoms with Crippen LogP contribution in [0.4, 0.5) is 0 Å². The fourth-order valence-electron chi connectivity index (χ4n) is 2.04. The minimum atomic E-state index is -3.64. The van der Waals surface area contributed by atoms with Crippen molar-refractivity contribution in [2.45, 2.75) is 31.6 Å². The molecule has 0 heterocycles. The van der Waals surface area contributed by atoms with Gasteiger partial charge in [0.1, 0.15) is 5.75 Å².